The highest BCUT2D eigenvalue weighted by atomic mass is 32.2. The van der Waals surface area contributed by atoms with E-state index in [-0.39, 0.29) is 12.3 Å². The Morgan fingerprint density at radius 1 is 1.33 bits per heavy atom. The van der Waals surface area contributed by atoms with E-state index in [0.29, 0.717) is 12.3 Å². The van der Waals surface area contributed by atoms with Crippen molar-refractivity contribution in [2.75, 3.05) is 0 Å². The number of hydrogen-bond donors (Lipinski definition) is 0. The van der Waals surface area contributed by atoms with E-state index in [1.54, 1.807) is 20.8 Å². The minimum Gasteiger partial charge on any atom is -0.355 e. The molecule has 12 heavy (non-hydrogen) atoms. The van der Waals surface area contributed by atoms with Crippen LogP contribution in [0.3, 0.4) is 0 Å². The third-order valence-corrected chi connectivity index (χ3v) is 1.49. The number of carbonyl (C=O) groups is 2. The molecular formula is C7H12O4S. The fraction of sp³-hybridized carbons (Fsp3) is 0.714. The van der Waals surface area contributed by atoms with Crippen LogP contribution in [0.4, 0.5) is 0 Å². The Balaban J connectivity index is 3.44. The van der Waals surface area contributed by atoms with Crippen LogP contribution in [0, 0.1) is 5.92 Å². The molecule has 0 unspecified atom stereocenters. The van der Waals surface area contributed by atoms with Crippen molar-refractivity contribution in [2.45, 2.75) is 27.2 Å². The van der Waals surface area contributed by atoms with Crippen LogP contribution in [-0.2, 0) is 18.0 Å². The van der Waals surface area contributed by atoms with Gasteiger partial charge in [0.05, 0.1) is 5.92 Å². The van der Waals surface area contributed by atoms with Crippen LogP contribution in [0.25, 0.3) is 0 Å². The average molecular weight is 192 g/mol. The molecule has 4 nitrogen and oxygen atoms in total. The molecule has 0 aliphatic carbocycles. The van der Waals surface area contributed by atoms with Crippen LogP contribution in [0.2, 0.25) is 0 Å². The largest absolute Gasteiger partial charge is 0.355 e. The van der Waals surface area contributed by atoms with Gasteiger partial charge in [-0.05, 0) is 0 Å². The molecule has 0 fully saturated rings. The van der Waals surface area contributed by atoms with Gasteiger partial charge in [0.25, 0.3) is 12.3 Å². The van der Waals surface area contributed by atoms with Crippen LogP contribution in [0.15, 0.2) is 0 Å². The van der Waals surface area contributed by atoms with E-state index in [9.17, 15) is 9.59 Å². The maximum Gasteiger partial charge on any atom is 0.323 e. The molecule has 0 aliphatic rings. The SMILES string of the molecule is CCC(=O)OSOC(=O)C(C)C. The third kappa shape index (κ3) is 5.01. The summed E-state index contributed by atoms with van der Waals surface area (Å²) >= 11 is 0.423. The maximum absolute atomic E-state index is 10.8. The summed E-state index contributed by atoms with van der Waals surface area (Å²) in [6.45, 7) is 5.06. The smallest absolute Gasteiger partial charge is 0.323 e. The van der Waals surface area contributed by atoms with Crippen molar-refractivity contribution in [3.63, 3.8) is 0 Å². The molecule has 70 valence electrons. The van der Waals surface area contributed by atoms with E-state index in [1.807, 2.05) is 0 Å². The van der Waals surface area contributed by atoms with Gasteiger partial charge in [-0.25, -0.2) is 0 Å². The van der Waals surface area contributed by atoms with E-state index in [1.165, 1.54) is 0 Å². The Hall–Kier alpha value is -0.710. The van der Waals surface area contributed by atoms with Crippen LogP contribution in [-0.4, -0.2) is 11.9 Å². The van der Waals surface area contributed by atoms with E-state index < -0.39 is 11.9 Å². The first-order valence-electron chi connectivity index (χ1n) is 3.65. The van der Waals surface area contributed by atoms with Crippen molar-refractivity contribution in [3.05, 3.63) is 0 Å². The van der Waals surface area contributed by atoms with E-state index in [2.05, 4.69) is 8.37 Å². The van der Waals surface area contributed by atoms with Crippen molar-refractivity contribution in [2.24, 2.45) is 5.92 Å². The van der Waals surface area contributed by atoms with Gasteiger partial charge in [-0.15, -0.1) is 0 Å². The van der Waals surface area contributed by atoms with Crippen LogP contribution >= 0.6 is 12.3 Å². The van der Waals surface area contributed by atoms with Crippen molar-refractivity contribution in [1.29, 1.82) is 0 Å². The molecule has 0 N–H and O–H groups in total. The van der Waals surface area contributed by atoms with E-state index >= 15 is 0 Å². The first-order chi connectivity index (χ1) is 5.57. The van der Waals surface area contributed by atoms with Crippen LogP contribution in [0.5, 0.6) is 0 Å². The molecule has 0 heterocycles. The highest BCUT2D eigenvalue weighted by molar-refractivity contribution is 7.90. The van der Waals surface area contributed by atoms with Gasteiger partial charge in [0, 0.05) is 6.42 Å². The van der Waals surface area contributed by atoms with Gasteiger partial charge in [-0.1, -0.05) is 20.8 Å². The molecule has 0 atom stereocenters. The van der Waals surface area contributed by atoms with Gasteiger partial charge >= 0.3 is 11.9 Å². The lowest BCUT2D eigenvalue weighted by atomic mass is 10.2. The molecule has 0 aromatic rings. The third-order valence-electron chi connectivity index (χ3n) is 1.00. The molecule has 0 rings (SSSR count). The Labute approximate surface area is 76.0 Å². The van der Waals surface area contributed by atoms with E-state index in [0.717, 1.165) is 0 Å². The zero-order chi connectivity index (χ0) is 9.56. The summed E-state index contributed by atoms with van der Waals surface area (Å²) < 4.78 is 8.96. The molecule has 0 spiro atoms. The van der Waals surface area contributed by atoms with Gasteiger partial charge in [0.15, 0.2) is 0 Å². The second-order valence-electron chi connectivity index (χ2n) is 2.43. The van der Waals surface area contributed by atoms with Crippen LogP contribution in [0.1, 0.15) is 27.2 Å². The lowest BCUT2D eigenvalue weighted by Crippen LogP contribution is -2.08. The fourth-order valence-electron chi connectivity index (χ4n) is 0.244. The van der Waals surface area contributed by atoms with Gasteiger partial charge < -0.3 is 8.37 Å². The first-order valence-corrected chi connectivity index (χ1v) is 4.32. The predicted octanol–water partition coefficient (Wildman–Crippen LogP) is 1.70. The first kappa shape index (κ1) is 11.3. The van der Waals surface area contributed by atoms with Crippen molar-refractivity contribution >= 4 is 24.3 Å². The topological polar surface area (TPSA) is 52.6 Å². The second-order valence-corrected chi connectivity index (χ2v) is 2.90. The monoisotopic (exact) mass is 192 g/mol. The molecule has 0 aliphatic heterocycles. The lowest BCUT2D eigenvalue weighted by molar-refractivity contribution is -0.138. The van der Waals surface area contributed by atoms with Crippen molar-refractivity contribution < 1.29 is 18.0 Å². The molecule has 0 saturated carbocycles. The number of hydrogen-bond acceptors (Lipinski definition) is 5. The Kier molecular flexibility index (Phi) is 5.53. The maximum atomic E-state index is 10.8. The molecule has 0 radical (unpaired) electrons. The standard InChI is InChI=1S/C7H12O4S/c1-4-6(8)10-12-11-7(9)5(2)3/h5H,4H2,1-3H3. The zero-order valence-corrected chi connectivity index (χ0v) is 8.14. The summed E-state index contributed by atoms with van der Waals surface area (Å²) in [6, 6.07) is 0. The highest BCUT2D eigenvalue weighted by Gasteiger charge is 2.10. The summed E-state index contributed by atoms with van der Waals surface area (Å²) in [5.41, 5.74) is 0. The van der Waals surface area contributed by atoms with Gasteiger partial charge in [-0.2, -0.15) is 0 Å². The minimum absolute atomic E-state index is 0.210. The van der Waals surface area contributed by atoms with Crippen molar-refractivity contribution in [3.8, 4) is 0 Å². The normalized spacial score (nSPS) is 9.67. The number of carbonyl (C=O) groups excluding carboxylic acids is 2. The lowest BCUT2D eigenvalue weighted by Gasteiger charge is -2.02. The predicted molar refractivity (Wildman–Crippen MR) is 44.9 cm³/mol. The summed E-state index contributed by atoms with van der Waals surface area (Å²) in [5.74, 6) is -1.02. The molecule has 0 aromatic heterocycles. The Morgan fingerprint density at radius 2 is 1.92 bits per heavy atom. The molecule has 0 aromatic carbocycles. The highest BCUT2D eigenvalue weighted by Crippen LogP contribution is 2.09. The summed E-state index contributed by atoms with van der Waals surface area (Å²) in [4.78, 5) is 21.3. The molecule has 5 heteroatoms. The Bertz CT molecular complexity index is 167. The molecule has 0 bridgehead atoms. The van der Waals surface area contributed by atoms with Gasteiger partial charge in [-0.3, -0.25) is 9.59 Å². The van der Waals surface area contributed by atoms with Gasteiger partial charge in [0.1, 0.15) is 0 Å². The summed E-state index contributed by atoms with van der Waals surface area (Å²) in [5, 5.41) is 0. The number of rotatable bonds is 4. The fourth-order valence-corrected chi connectivity index (χ4v) is 0.731. The summed E-state index contributed by atoms with van der Waals surface area (Å²) in [7, 11) is 0. The zero-order valence-electron chi connectivity index (χ0n) is 7.33. The molecule has 0 saturated heterocycles. The minimum atomic E-state index is -0.406. The molecule has 0 amide bonds. The average Bonchev–Trinajstić information content (AvgIpc) is 2.03. The van der Waals surface area contributed by atoms with E-state index in [4.69, 9.17) is 0 Å². The molecular weight excluding hydrogens is 180 g/mol. The van der Waals surface area contributed by atoms with Gasteiger partial charge in [0.2, 0.25) is 0 Å². The van der Waals surface area contributed by atoms with Crippen LogP contribution < -0.4 is 0 Å². The quantitative estimate of drug-likeness (QED) is 0.634. The Morgan fingerprint density at radius 3 is 2.33 bits per heavy atom. The van der Waals surface area contributed by atoms with Crippen molar-refractivity contribution in [1.82, 2.24) is 0 Å². The summed E-state index contributed by atoms with van der Waals surface area (Å²) in [6.07, 6.45) is 0.270. The second kappa shape index (κ2) is 5.88.